The lowest BCUT2D eigenvalue weighted by atomic mass is 9.87. The minimum absolute atomic E-state index is 0.0547. The Labute approximate surface area is 137 Å². The molecule has 1 saturated heterocycles. The molecule has 0 radical (unpaired) electrons. The van der Waals surface area contributed by atoms with E-state index in [1.807, 2.05) is 6.92 Å². The lowest BCUT2D eigenvalue weighted by molar-refractivity contribution is -0.132. The highest BCUT2D eigenvalue weighted by Crippen LogP contribution is 2.33. The fourth-order valence-electron chi connectivity index (χ4n) is 2.68. The molecule has 1 atom stereocenters. The number of hydrogen-bond acceptors (Lipinski definition) is 5. The van der Waals surface area contributed by atoms with E-state index in [9.17, 15) is 9.59 Å². The minimum Gasteiger partial charge on any atom is -0.337 e. The Hall–Kier alpha value is -2.41. The van der Waals surface area contributed by atoms with Crippen molar-refractivity contribution in [3.63, 3.8) is 0 Å². The number of nitrogens with one attached hydrogen (secondary N) is 1. The molecule has 1 aromatic carbocycles. The summed E-state index contributed by atoms with van der Waals surface area (Å²) < 4.78 is 4.99. The number of amides is 3. The van der Waals surface area contributed by atoms with Crippen molar-refractivity contribution in [2.24, 2.45) is 0 Å². The summed E-state index contributed by atoms with van der Waals surface area (Å²) in [5.74, 6) is 0.323. The second-order valence-electron chi connectivity index (χ2n) is 5.32. The third-order valence-corrected chi connectivity index (χ3v) is 4.16. The molecule has 1 aliphatic rings. The Morgan fingerprint density at radius 3 is 2.57 bits per heavy atom. The highest BCUT2D eigenvalue weighted by Gasteiger charge is 2.51. The summed E-state index contributed by atoms with van der Waals surface area (Å²) in [6, 6.07) is 6.38. The molecule has 0 spiro atoms. The predicted molar refractivity (Wildman–Crippen MR) is 81.5 cm³/mol. The monoisotopic (exact) mass is 334 g/mol. The summed E-state index contributed by atoms with van der Waals surface area (Å²) in [5.41, 5.74) is -0.413. The van der Waals surface area contributed by atoms with Gasteiger partial charge < -0.3 is 9.84 Å². The first-order valence-corrected chi connectivity index (χ1v) is 7.53. The van der Waals surface area contributed by atoms with Gasteiger partial charge in [0, 0.05) is 5.02 Å². The van der Waals surface area contributed by atoms with Crippen LogP contribution >= 0.6 is 11.6 Å². The van der Waals surface area contributed by atoms with Crippen LogP contribution in [0, 0.1) is 6.92 Å². The van der Waals surface area contributed by atoms with Crippen molar-refractivity contribution >= 4 is 23.5 Å². The maximum absolute atomic E-state index is 12.9. The highest BCUT2D eigenvalue weighted by atomic mass is 35.5. The predicted octanol–water partition coefficient (Wildman–Crippen LogP) is 2.39. The first kappa shape index (κ1) is 15.5. The molecule has 1 aliphatic heterocycles. The van der Waals surface area contributed by atoms with Crippen LogP contribution in [-0.2, 0) is 16.9 Å². The molecule has 1 N–H and O–H groups in total. The van der Waals surface area contributed by atoms with E-state index in [-0.39, 0.29) is 18.3 Å². The van der Waals surface area contributed by atoms with Gasteiger partial charge in [-0.25, -0.2) is 4.79 Å². The Morgan fingerprint density at radius 1 is 1.30 bits per heavy atom. The lowest BCUT2D eigenvalue weighted by Gasteiger charge is -2.25. The van der Waals surface area contributed by atoms with Crippen LogP contribution in [0.1, 0.15) is 30.6 Å². The molecule has 1 aromatic heterocycles. The molecule has 1 unspecified atom stereocenters. The minimum atomic E-state index is -1.10. The van der Waals surface area contributed by atoms with E-state index in [2.05, 4.69) is 15.5 Å². The Bertz CT molecular complexity index is 758. The number of rotatable bonds is 4. The number of benzene rings is 1. The zero-order valence-corrected chi connectivity index (χ0v) is 13.4. The number of aryl methyl sites for hydroxylation is 1. The summed E-state index contributed by atoms with van der Waals surface area (Å²) in [6.07, 6.45) is 0.415. The zero-order chi connectivity index (χ0) is 16.6. The summed E-state index contributed by atoms with van der Waals surface area (Å²) in [6.45, 7) is 3.46. The van der Waals surface area contributed by atoms with Crippen molar-refractivity contribution in [2.75, 3.05) is 0 Å². The van der Waals surface area contributed by atoms with E-state index in [1.165, 1.54) is 0 Å². The zero-order valence-electron chi connectivity index (χ0n) is 12.7. The highest BCUT2D eigenvalue weighted by molar-refractivity contribution is 6.30. The van der Waals surface area contributed by atoms with Gasteiger partial charge in [0.1, 0.15) is 12.1 Å². The van der Waals surface area contributed by atoms with Crippen LogP contribution in [-0.4, -0.2) is 27.0 Å². The molecule has 3 amide bonds. The van der Waals surface area contributed by atoms with E-state index < -0.39 is 11.6 Å². The number of hydrogen-bond donors (Lipinski definition) is 1. The molecule has 120 valence electrons. The molecule has 3 rings (SSSR count). The number of carbonyl (C=O) groups excluding carboxylic acids is 2. The average molecular weight is 335 g/mol. The van der Waals surface area contributed by atoms with Crippen molar-refractivity contribution in [3.05, 3.63) is 46.6 Å². The number of imide groups is 1. The normalized spacial score (nSPS) is 20.9. The second-order valence-corrected chi connectivity index (χ2v) is 5.76. The Balaban J connectivity index is 1.93. The fraction of sp³-hybridized carbons (Fsp3) is 0.333. The van der Waals surface area contributed by atoms with Gasteiger partial charge in [-0.15, -0.1) is 0 Å². The summed E-state index contributed by atoms with van der Waals surface area (Å²) >= 11 is 5.90. The molecule has 2 aromatic rings. The van der Waals surface area contributed by atoms with Gasteiger partial charge in [0.15, 0.2) is 5.82 Å². The van der Waals surface area contributed by atoms with E-state index in [4.69, 9.17) is 16.1 Å². The standard InChI is InChI=1S/C15H15ClN4O3/c1-3-15(10-4-6-11(16)7-5-10)13(21)20(14(22)18-15)8-12-17-9(2)19-23-12/h4-7H,3,8H2,1-2H3,(H,18,22). The van der Waals surface area contributed by atoms with Gasteiger partial charge in [0.2, 0.25) is 5.89 Å². The van der Waals surface area contributed by atoms with Crippen LogP contribution in [0.2, 0.25) is 5.02 Å². The van der Waals surface area contributed by atoms with Crippen LogP contribution in [0.3, 0.4) is 0 Å². The summed E-state index contributed by atoms with van der Waals surface area (Å²) in [4.78, 5) is 30.3. The van der Waals surface area contributed by atoms with Crippen LogP contribution in [0.15, 0.2) is 28.8 Å². The maximum atomic E-state index is 12.9. The van der Waals surface area contributed by atoms with Crippen molar-refractivity contribution in [3.8, 4) is 0 Å². The van der Waals surface area contributed by atoms with Crippen LogP contribution in [0.4, 0.5) is 4.79 Å². The Kier molecular flexibility index (Phi) is 3.81. The van der Waals surface area contributed by atoms with Crippen molar-refractivity contribution in [1.82, 2.24) is 20.4 Å². The molecule has 1 fully saturated rings. The maximum Gasteiger partial charge on any atom is 0.325 e. The molecular formula is C15H15ClN4O3. The number of urea groups is 1. The van der Waals surface area contributed by atoms with E-state index >= 15 is 0 Å². The summed E-state index contributed by atoms with van der Waals surface area (Å²) in [7, 11) is 0. The molecule has 0 aliphatic carbocycles. The van der Waals surface area contributed by atoms with Crippen molar-refractivity contribution < 1.29 is 14.1 Å². The number of carbonyl (C=O) groups is 2. The van der Waals surface area contributed by atoms with Crippen molar-refractivity contribution in [1.29, 1.82) is 0 Å². The van der Waals surface area contributed by atoms with Crippen LogP contribution < -0.4 is 5.32 Å². The van der Waals surface area contributed by atoms with Crippen molar-refractivity contribution in [2.45, 2.75) is 32.4 Å². The van der Waals surface area contributed by atoms with Crippen LogP contribution in [0.25, 0.3) is 0 Å². The lowest BCUT2D eigenvalue weighted by Crippen LogP contribution is -2.43. The largest absolute Gasteiger partial charge is 0.337 e. The first-order valence-electron chi connectivity index (χ1n) is 7.15. The third kappa shape index (κ3) is 2.57. The van der Waals surface area contributed by atoms with Gasteiger partial charge in [-0.2, -0.15) is 4.98 Å². The molecule has 23 heavy (non-hydrogen) atoms. The fourth-order valence-corrected chi connectivity index (χ4v) is 2.81. The molecule has 8 heteroatoms. The van der Waals surface area contributed by atoms with Gasteiger partial charge >= 0.3 is 6.03 Å². The van der Waals surface area contributed by atoms with E-state index in [1.54, 1.807) is 31.2 Å². The third-order valence-electron chi connectivity index (χ3n) is 3.91. The van der Waals surface area contributed by atoms with E-state index in [0.717, 1.165) is 4.90 Å². The quantitative estimate of drug-likeness (QED) is 0.867. The summed E-state index contributed by atoms with van der Waals surface area (Å²) in [5, 5.41) is 7.01. The molecule has 0 saturated carbocycles. The first-order chi connectivity index (χ1) is 11.0. The van der Waals surface area contributed by atoms with Gasteiger partial charge in [-0.1, -0.05) is 35.8 Å². The number of nitrogens with zero attached hydrogens (tertiary/aromatic N) is 3. The molecule has 7 nitrogen and oxygen atoms in total. The number of aromatic nitrogens is 2. The number of halogens is 1. The van der Waals surface area contributed by atoms with Gasteiger partial charge in [0.05, 0.1) is 0 Å². The van der Waals surface area contributed by atoms with Gasteiger partial charge in [-0.05, 0) is 31.0 Å². The van der Waals surface area contributed by atoms with Crippen LogP contribution in [0.5, 0.6) is 0 Å². The van der Waals surface area contributed by atoms with E-state index in [0.29, 0.717) is 22.8 Å². The molecule has 0 bridgehead atoms. The second kappa shape index (κ2) is 5.66. The Morgan fingerprint density at radius 2 is 2.00 bits per heavy atom. The van der Waals surface area contributed by atoms with Gasteiger partial charge in [-0.3, -0.25) is 9.69 Å². The molecule has 2 heterocycles. The van der Waals surface area contributed by atoms with Gasteiger partial charge in [0.25, 0.3) is 5.91 Å². The molecular weight excluding hydrogens is 320 g/mol. The SMILES string of the molecule is CCC1(c2ccc(Cl)cc2)NC(=O)N(Cc2nc(C)no2)C1=O. The smallest absolute Gasteiger partial charge is 0.325 e. The average Bonchev–Trinajstić information content (AvgIpc) is 3.05. The topological polar surface area (TPSA) is 88.3 Å².